The first-order valence-corrected chi connectivity index (χ1v) is 20.0. The third-order valence-corrected chi connectivity index (χ3v) is 12.3. The van der Waals surface area contributed by atoms with Crippen LogP contribution in [0.5, 0.6) is 0 Å². The topological polar surface area (TPSA) is 19.7 Å². The highest BCUT2D eigenvalue weighted by atomic mass is 15.0. The maximum atomic E-state index is 2.47. The van der Waals surface area contributed by atoms with Crippen molar-refractivity contribution in [1.82, 2.24) is 18.3 Å². The highest BCUT2D eigenvalue weighted by Crippen LogP contribution is 2.44. The van der Waals surface area contributed by atoms with Crippen LogP contribution in [0.15, 0.2) is 206 Å². The first-order valence-electron chi connectivity index (χ1n) is 20.0. The van der Waals surface area contributed by atoms with Crippen LogP contribution in [0.2, 0.25) is 0 Å². The minimum Gasteiger partial charge on any atom is -0.309 e. The van der Waals surface area contributed by atoms with Gasteiger partial charge in [0, 0.05) is 65.8 Å². The molecule has 9 aromatic carbocycles. The Morgan fingerprint density at radius 3 is 0.897 bits per heavy atom. The molecule has 13 rings (SSSR count). The predicted molar refractivity (Wildman–Crippen MR) is 244 cm³/mol. The predicted octanol–water partition coefficient (Wildman–Crippen LogP) is 14.1. The standard InChI is InChI=1S/C54H34N4/c1-3-15-35(16-4-1)55-45-23-11-7-19-39(45)43-33-37(27-29-49(43)55)57-47-25-13-9-21-41(47)53-51(57)31-32-52-54(53)42-22-10-14-26-48(42)58(52)38-28-30-50-44(34-38)40-20-8-12-24-46(40)56(50)36-17-5-2-6-18-36/h1-34H. The Morgan fingerprint density at radius 1 is 0.190 bits per heavy atom. The van der Waals surface area contributed by atoms with Crippen molar-refractivity contribution in [2.24, 2.45) is 0 Å². The van der Waals surface area contributed by atoms with Gasteiger partial charge in [0.1, 0.15) is 0 Å². The first kappa shape index (κ1) is 31.4. The fourth-order valence-corrected chi connectivity index (χ4v) is 9.99. The molecule has 0 atom stereocenters. The lowest BCUT2D eigenvalue weighted by Gasteiger charge is -2.11. The van der Waals surface area contributed by atoms with E-state index in [1.54, 1.807) is 0 Å². The molecule has 4 nitrogen and oxygen atoms in total. The van der Waals surface area contributed by atoms with Gasteiger partial charge in [-0.05, 0) is 97.1 Å². The zero-order chi connectivity index (χ0) is 37.9. The zero-order valence-electron chi connectivity index (χ0n) is 31.4. The molecular formula is C54H34N4. The maximum absolute atomic E-state index is 2.47. The molecule has 0 spiro atoms. The van der Waals surface area contributed by atoms with Gasteiger partial charge in [-0.3, -0.25) is 0 Å². The van der Waals surface area contributed by atoms with Crippen LogP contribution in [0.25, 0.3) is 110 Å². The Balaban J connectivity index is 1.08. The van der Waals surface area contributed by atoms with E-state index in [1.807, 2.05) is 0 Å². The Labute approximate surface area is 333 Å². The quantitative estimate of drug-likeness (QED) is 0.171. The maximum Gasteiger partial charge on any atom is 0.0548 e. The average molecular weight is 739 g/mol. The van der Waals surface area contributed by atoms with Gasteiger partial charge in [0.2, 0.25) is 0 Å². The Hall–Kier alpha value is -7.82. The van der Waals surface area contributed by atoms with E-state index < -0.39 is 0 Å². The van der Waals surface area contributed by atoms with Gasteiger partial charge in [-0.1, -0.05) is 109 Å². The molecular weight excluding hydrogens is 705 g/mol. The normalized spacial score (nSPS) is 12.1. The van der Waals surface area contributed by atoms with Gasteiger partial charge >= 0.3 is 0 Å². The molecule has 0 fully saturated rings. The van der Waals surface area contributed by atoms with Crippen LogP contribution in [0.1, 0.15) is 0 Å². The van der Waals surface area contributed by atoms with Crippen molar-refractivity contribution in [3.05, 3.63) is 206 Å². The molecule has 0 aliphatic carbocycles. The molecule has 4 heteroatoms. The molecule has 0 aliphatic heterocycles. The minimum absolute atomic E-state index is 1.15. The summed E-state index contributed by atoms with van der Waals surface area (Å²) in [5.74, 6) is 0. The Morgan fingerprint density at radius 2 is 0.483 bits per heavy atom. The van der Waals surface area contributed by atoms with Crippen molar-refractivity contribution in [1.29, 1.82) is 0 Å². The summed E-state index contributed by atoms with van der Waals surface area (Å²) in [5.41, 5.74) is 14.2. The smallest absolute Gasteiger partial charge is 0.0548 e. The van der Waals surface area contributed by atoms with Crippen molar-refractivity contribution in [3.63, 3.8) is 0 Å². The largest absolute Gasteiger partial charge is 0.309 e. The van der Waals surface area contributed by atoms with E-state index in [1.165, 1.54) is 87.2 Å². The molecule has 0 bridgehead atoms. The van der Waals surface area contributed by atoms with Crippen molar-refractivity contribution < 1.29 is 0 Å². The van der Waals surface area contributed by atoms with Crippen molar-refractivity contribution in [3.8, 4) is 22.7 Å². The molecule has 0 unspecified atom stereocenters. The van der Waals surface area contributed by atoms with Crippen LogP contribution in [-0.2, 0) is 0 Å². The summed E-state index contributed by atoms with van der Waals surface area (Å²) in [6, 6.07) is 75.4. The summed E-state index contributed by atoms with van der Waals surface area (Å²) in [6.07, 6.45) is 0. The number of rotatable bonds is 4. The van der Waals surface area contributed by atoms with Crippen LogP contribution in [0.3, 0.4) is 0 Å². The van der Waals surface area contributed by atoms with Crippen LogP contribution in [0.4, 0.5) is 0 Å². The molecule has 0 saturated heterocycles. The average Bonchev–Trinajstić information content (AvgIpc) is 4.01. The van der Waals surface area contributed by atoms with E-state index in [2.05, 4.69) is 225 Å². The Kier molecular flexibility index (Phi) is 6.41. The van der Waals surface area contributed by atoms with E-state index in [0.717, 1.165) is 22.7 Å². The summed E-state index contributed by atoms with van der Waals surface area (Å²) in [5, 5.41) is 10.0. The van der Waals surface area contributed by atoms with E-state index in [4.69, 9.17) is 0 Å². The summed E-state index contributed by atoms with van der Waals surface area (Å²) in [7, 11) is 0. The fourth-order valence-electron chi connectivity index (χ4n) is 9.99. The van der Waals surface area contributed by atoms with Gasteiger partial charge in [-0.2, -0.15) is 0 Å². The summed E-state index contributed by atoms with van der Waals surface area (Å²) in [4.78, 5) is 0. The fraction of sp³-hybridized carbons (Fsp3) is 0. The third-order valence-electron chi connectivity index (χ3n) is 12.3. The van der Waals surface area contributed by atoms with Gasteiger partial charge in [0.25, 0.3) is 0 Å². The number of benzene rings is 9. The number of fused-ring (bicyclic) bond motifs is 13. The molecule has 58 heavy (non-hydrogen) atoms. The zero-order valence-corrected chi connectivity index (χ0v) is 31.4. The summed E-state index contributed by atoms with van der Waals surface area (Å²) >= 11 is 0. The highest BCUT2D eigenvalue weighted by molar-refractivity contribution is 6.29. The van der Waals surface area contributed by atoms with E-state index in [9.17, 15) is 0 Å². The van der Waals surface area contributed by atoms with Crippen LogP contribution in [0, 0.1) is 0 Å². The van der Waals surface area contributed by atoms with Gasteiger partial charge < -0.3 is 18.3 Å². The molecule has 13 aromatic rings. The van der Waals surface area contributed by atoms with Crippen LogP contribution >= 0.6 is 0 Å². The summed E-state index contributed by atoms with van der Waals surface area (Å²) in [6.45, 7) is 0. The van der Waals surface area contributed by atoms with Gasteiger partial charge in [0.05, 0.1) is 44.1 Å². The lowest BCUT2D eigenvalue weighted by molar-refractivity contribution is 1.16. The van der Waals surface area contributed by atoms with Gasteiger partial charge in [-0.25, -0.2) is 0 Å². The second-order valence-corrected chi connectivity index (χ2v) is 15.3. The van der Waals surface area contributed by atoms with E-state index in [-0.39, 0.29) is 0 Å². The number of hydrogen-bond donors (Lipinski definition) is 0. The number of hydrogen-bond acceptors (Lipinski definition) is 0. The Bertz CT molecular complexity index is 3530. The second kappa shape index (κ2) is 11.8. The molecule has 0 saturated carbocycles. The van der Waals surface area contributed by atoms with E-state index >= 15 is 0 Å². The molecule has 0 N–H and O–H groups in total. The van der Waals surface area contributed by atoms with Crippen LogP contribution in [-0.4, -0.2) is 18.3 Å². The summed E-state index contributed by atoms with van der Waals surface area (Å²) < 4.78 is 9.70. The molecule has 270 valence electrons. The highest BCUT2D eigenvalue weighted by Gasteiger charge is 2.22. The van der Waals surface area contributed by atoms with Crippen molar-refractivity contribution in [2.75, 3.05) is 0 Å². The number of para-hydroxylation sites is 6. The molecule has 4 heterocycles. The first-order chi connectivity index (χ1) is 28.8. The van der Waals surface area contributed by atoms with Gasteiger partial charge in [-0.15, -0.1) is 0 Å². The van der Waals surface area contributed by atoms with Crippen molar-refractivity contribution in [2.45, 2.75) is 0 Å². The third kappa shape index (κ3) is 4.23. The molecule has 0 aliphatic rings. The monoisotopic (exact) mass is 738 g/mol. The minimum atomic E-state index is 1.15. The SMILES string of the molecule is c1ccc(-n2c3ccccc3c3cc(-n4c5ccccc5c5c6c7ccccc7n(-c7ccc8c(c7)c7ccccc7n8-c7ccccc7)c6ccc54)ccc32)cc1. The van der Waals surface area contributed by atoms with E-state index in [0.29, 0.717) is 0 Å². The molecule has 4 aromatic heterocycles. The second-order valence-electron chi connectivity index (χ2n) is 15.3. The van der Waals surface area contributed by atoms with Crippen molar-refractivity contribution >= 4 is 87.2 Å². The lowest BCUT2D eigenvalue weighted by atomic mass is 10.1. The van der Waals surface area contributed by atoms with Crippen LogP contribution < -0.4 is 0 Å². The number of aromatic nitrogens is 4. The molecule has 0 radical (unpaired) electrons. The number of nitrogens with zero attached hydrogens (tertiary/aromatic N) is 4. The lowest BCUT2D eigenvalue weighted by Crippen LogP contribution is -1.96. The molecule has 0 amide bonds. The van der Waals surface area contributed by atoms with Gasteiger partial charge in [0.15, 0.2) is 0 Å².